The number of carbonyl (C=O) groups excluding carboxylic acids is 2. The Hall–Kier alpha value is -3.72. The van der Waals surface area contributed by atoms with Gasteiger partial charge in [0.2, 0.25) is 10.0 Å². The third-order valence-electron chi connectivity index (χ3n) is 5.25. The molecule has 11 heteroatoms. The van der Waals surface area contributed by atoms with E-state index in [9.17, 15) is 23.3 Å². The fourth-order valence-corrected chi connectivity index (χ4v) is 5.79. The van der Waals surface area contributed by atoms with Gasteiger partial charge in [-0.1, -0.05) is 12.1 Å². The molecule has 35 heavy (non-hydrogen) atoms. The summed E-state index contributed by atoms with van der Waals surface area (Å²) in [5.74, 6) is -0.768. The van der Waals surface area contributed by atoms with Crippen LogP contribution < -0.4 is 10.0 Å². The number of thiophene rings is 1. The number of rotatable bonds is 9. The van der Waals surface area contributed by atoms with Crippen LogP contribution >= 0.6 is 11.3 Å². The molecule has 0 radical (unpaired) electrons. The van der Waals surface area contributed by atoms with E-state index in [2.05, 4.69) is 16.1 Å². The second-order valence-electron chi connectivity index (χ2n) is 7.64. The first-order valence-corrected chi connectivity index (χ1v) is 13.0. The number of nitriles is 1. The van der Waals surface area contributed by atoms with Gasteiger partial charge in [-0.25, -0.2) is 17.9 Å². The number of nitrogens with zero attached hydrogens (tertiary/aromatic N) is 1. The summed E-state index contributed by atoms with van der Waals surface area (Å²) >= 11 is 1.39. The zero-order chi connectivity index (χ0) is 24.8. The van der Waals surface area contributed by atoms with E-state index in [-0.39, 0.29) is 11.4 Å². The van der Waals surface area contributed by atoms with E-state index >= 15 is 0 Å². The lowest BCUT2D eigenvalue weighted by atomic mass is 10.1. The van der Waals surface area contributed by atoms with Crippen LogP contribution in [0.1, 0.15) is 33.7 Å². The van der Waals surface area contributed by atoms with E-state index in [1.807, 2.05) is 0 Å². The Kier molecular flexibility index (Phi) is 7.45. The number of furan rings is 1. The summed E-state index contributed by atoms with van der Waals surface area (Å²) in [6, 6.07) is 11.4. The van der Waals surface area contributed by atoms with Crippen LogP contribution in [0.3, 0.4) is 0 Å². The Morgan fingerprint density at radius 2 is 2.00 bits per heavy atom. The first kappa shape index (κ1) is 24.4. The number of amides is 1. The molecule has 0 fully saturated rings. The number of hydrogen-bond donors (Lipinski definition) is 2. The number of esters is 1. The number of ether oxygens (including phenoxy) is 1. The molecule has 9 nitrogen and oxygen atoms in total. The van der Waals surface area contributed by atoms with Crippen molar-refractivity contribution < 1.29 is 27.2 Å². The van der Waals surface area contributed by atoms with Crippen LogP contribution in [0.4, 0.5) is 5.00 Å². The Bertz CT molecular complexity index is 1400. The largest absolute Gasteiger partial charge is 0.468 e. The minimum Gasteiger partial charge on any atom is -0.468 e. The predicted molar refractivity (Wildman–Crippen MR) is 129 cm³/mol. The van der Waals surface area contributed by atoms with Crippen molar-refractivity contribution in [2.45, 2.75) is 30.7 Å². The molecule has 0 spiro atoms. The van der Waals surface area contributed by atoms with Gasteiger partial charge in [-0.2, -0.15) is 5.26 Å². The van der Waals surface area contributed by atoms with E-state index < -0.39 is 28.5 Å². The normalized spacial score (nSPS) is 12.9. The molecule has 2 N–H and O–H groups in total. The highest BCUT2D eigenvalue weighted by Gasteiger charge is 2.23. The van der Waals surface area contributed by atoms with Crippen LogP contribution in [0, 0.1) is 11.3 Å². The highest BCUT2D eigenvalue weighted by molar-refractivity contribution is 7.89. The van der Waals surface area contributed by atoms with Gasteiger partial charge in [-0.15, -0.1) is 11.3 Å². The fourth-order valence-electron chi connectivity index (χ4n) is 3.54. The molecule has 1 amide bonds. The van der Waals surface area contributed by atoms with Crippen molar-refractivity contribution in [1.29, 1.82) is 5.26 Å². The minimum atomic E-state index is -3.72. The Labute approximate surface area is 206 Å². The molecular formula is C24H21N3O6S2. The van der Waals surface area contributed by atoms with Gasteiger partial charge in [-0.3, -0.25) is 4.79 Å². The SMILES string of the molecule is N#Cc1c(NC(=O)COC(=O)/C=C/c2ccc(S(=O)(=O)NCc3ccco3)cc2)sc2c1CCC2. The maximum Gasteiger partial charge on any atom is 0.331 e. The van der Waals surface area contributed by atoms with Crippen molar-refractivity contribution >= 4 is 44.3 Å². The van der Waals surface area contributed by atoms with E-state index in [1.54, 1.807) is 12.1 Å². The Balaban J connectivity index is 1.26. The topological polar surface area (TPSA) is 138 Å². The maximum atomic E-state index is 12.4. The highest BCUT2D eigenvalue weighted by Crippen LogP contribution is 2.38. The molecule has 0 saturated carbocycles. The van der Waals surface area contributed by atoms with Crippen molar-refractivity contribution in [2.24, 2.45) is 0 Å². The number of hydrogen-bond acceptors (Lipinski definition) is 8. The van der Waals surface area contributed by atoms with Gasteiger partial charge in [0.25, 0.3) is 5.91 Å². The Morgan fingerprint density at radius 3 is 2.71 bits per heavy atom. The predicted octanol–water partition coefficient (Wildman–Crippen LogP) is 3.38. The average molecular weight is 512 g/mol. The van der Waals surface area contributed by atoms with Gasteiger partial charge in [0.15, 0.2) is 6.61 Å². The van der Waals surface area contributed by atoms with E-state index in [0.717, 1.165) is 35.8 Å². The van der Waals surface area contributed by atoms with Crippen molar-refractivity contribution in [3.63, 3.8) is 0 Å². The van der Waals surface area contributed by atoms with Gasteiger partial charge in [0.1, 0.15) is 16.8 Å². The molecule has 1 aliphatic rings. The molecule has 3 aromatic rings. The monoisotopic (exact) mass is 511 g/mol. The van der Waals surface area contributed by atoms with Gasteiger partial charge < -0.3 is 14.5 Å². The zero-order valence-corrected chi connectivity index (χ0v) is 20.1. The summed E-state index contributed by atoms with van der Waals surface area (Å²) in [5, 5.41) is 12.5. The maximum absolute atomic E-state index is 12.4. The number of carbonyl (C=O) groups is 2. The second kappa shape index (κ2) is 10.7. The molecule has 0 saturated heterocycles. The van der Waals surface area contributed by atoms with E-state index in [0.29, 0.717) is 21.9 Å². The number of sulfonamides is 1. The number of aryl methyl sites for hydroxylation is 1. The first-order chi connectivity index (χ1) is 16.9. The Morgan fingerprint density at radius 1 is 1.20 bits per heavy atom. The number of nitrogens with one attached hydrogen (secondary N) is 2. The lowest BCUT2D eigenvalue weighted by molar-refractivity contribution is -0.142. The summed E-state index contributed by atoms with van der Waals surface area (Å²) < 4.78 is 37.2. The van der Waals surface area contributed by atoms with Gasteiger partial charge in [0.05, 0.1) is 23.3 Å². The molecule has 0 unspecified atom stereocenters. The van der Waals surface area contributed by atoms with Crippen molar-refractivity contribution in [3.8, 4) is 6.07 Å². The molecule has 1 aliphatic carbocycles. The molecule has 4 rings (SSSR count). The summed E-state index contributed by atoms with van der Waals surface area (Å²) in [5.41, 5.74) is 2.06. The number of anilines is 1. The standard InChI is InChI=1S/C24H21N3O6S2/c25-13-20-19-4-1-5-21(19)34-24(20)27-22(28)15-33-23(29)11-8-16-6-9-18(10-7-16)35(30,31)26-14-17-3-2-12-32-17/h2-3,6-12,26H,1,4-5,14-15H2,(H,27,28)/b11-8+. The van der Waals surface area contributed by atoms with E-state index in [4.69, 9.17) is 9.15 Å². The van der Waals surface area contributed by atoms with Crippen LogP contribution in [0.2, 0.25) is 0 Å². The molecular weight excluding hydrogens is 490 g/mol. The molecule has 2 heterocycles. The third kappa shape index (κ3) is 6.05. The first-order valence-electron chi connectivity index (χ1n) is 10.7. The lowest BCUT2D eigenvalue weighted by Crippen LogP contribution is -2.22. The molecule has 180 valence electrons. The van der Waals surface area contributed by atoms with Crippen LogP contribution in [0.25, 0.3) is 6.08 Å². The molecule has 1 aromatic carbocycles. The van der Waals surface area contributed by atoms with Crippen LogP contribution in [-0.2, 0) is 43.7 Å². The van der Waals surface area contributed by atoms with Gasteiger partial charge in [-0.05, 0) is 60.7 Å². The quantitative estimate of drug-likeness (QED) is 0.332. The van der Waals surface area contributed by atoms with E-state index in [1.165, 1.54) is 47.9 Å². The van der Waals surface area contributed by atoms with Crippen LogP contribution in [-0.4, -0.2) is 26.9 Å². The molecule has 0 bridgehead atoms. The smallest absolute Gasteiger partial charge is 0.331 e. The minimum absolute atomic E-state index is 0.0308. The summed E-state index contributed by atoms with van der Waals surface area (Å²) in [7, 11) is -3.72. The number of fused-ring (bicyclic) bond motifs is 1. The van der Waals surface area contributed by atoms with Crippen LogP contribution in [0.5, 0.6) is 0 Å². The molecule has 2 aromatic heterocycles. The van der Waals surface area contributed by atoms with Gasteiger partial charge in [0, 0.05) is 11.0 Å². The third-order valence-corrected chi connectivity index (χ3v) is 7.87. The number of benzene rings is 1. The zero-order valence-electron chi connectivity index (χ0n) is 18.4. The lowest BCUT2D eigenvalue weighted by Gasteiger charge is -2.06. The average Bonchev–Trinajstić information content (AvgIpc) is 3.58. The summed E-state index contributed by atoms with van der Waals surface area (Å²) in [4.78, 5) is 25.3. The second-order valence-corrected chi connectivity index (χ2v) is 10.5. The summed E-state index contributed by atoms with van der Waals surface area (Å²) in [6.45, 7) is -0.460. The molecule has 0 atom stereocenters. The van der Waals surface area contributed by atoms with Gasteiger partial charge >= 0.3 is 5.97 Å². The fraction of sp³-hybridized carbons (Fsp3) is 0.208. The van der Waals surface area contributed by atoms with Crippen LogP contribution in [0.15, 0.2) is 58.1 Å². The summed E-state index contributed by atoms with van der Waals surface area (Å²) in [6.07, 6.45) is 6.80. The van der Waals surface area contributed by atoms with Crippen molar-refractivity contribution in [2.75, 3.05) is 11.9 Å². The van der Waals surface area contributed by atoms with Crippen molar-refractivity contribution in [1.82, 2.24) is 4.72 Å². The molecule has 0 aliphatic heterocycles. The van der Waals surface area contributed by atoms with Crippen molar-refractivity contribution in [3.05, 3.63) is 76.1 Å². The highest BCUT2D eigenvalue weighted by atomic mass is 32.2.